The van der Waals surface area contributed by atoms with E-state index < -0.39 is 5.76 Å². The molecule has 24 heavy (non-hydrogen) atoms. The molecular formula is C18H16N2O4. The number of benzene rings is 2. The Kier molecular flexibility index (Phi) is 4.20. The van der Waals surface area contributed by atoms with E-state index in [1.807, 2.05) is 0 Å². The lowest BCUT2D eigenvalue weighted by Crippen LogP contribution is -2.14. The molecule has 3 rings (SSSR count). The first-order chi connectivity index (χ1) is 11.6. The molecule has 122 valence electrons. The molecule has 1 amide bonds. The van der Waals surface area contributed by atoms with Crippen molar-refractivity contribution >= 4 is 22.7 Å². The number of amides is 1. The van der Waals surface area contributed by atoms with Crippen LogP contribution in [0.2, 0.25) is 0 Å². The maximum atomic E-state index is 12.4. The molecule has 0 saturated carbocycles. The molecule has 2 aromatic carbocycles. The van der Waals surface area contributed by atoms with Crippen molar-refractivity contribution in [1.29, 1.82) is 0 Å². The Hall–Kier alpha value is -3.28. The van der Waals surface area contributed by atoms with Gasteiger partial charge in [0.15, 0.2) is 5.58 Å². The van der Waals surface area contributed by atoms with Gasteiger partial charge >= 0.3 is 5.76 Å². The van der Waals surface area contributed by atoms with E-state index in [9.17, 15) is 9.59 Å². The molecule has 1 aromatic heterocycles. The van der Waals surface area contributed by atoms with Gasteiger partial charge in [-0.1, -0.05) is 6.08 Å². The van der Waals surface area contributed by atoms with Crippen LogP contribution in [0.4, 0.5) is 5.69 Å². The number of carbonyl (C=O) groups excluding carboxylic acids is 1. The van der Waals surface area contributed by atoms with Crippen molar-refractivity contribution in [3.8, 4) is 5.75 Å². The predicted molar refractivity (Wildman–Crippen MR) is 91.6 cm³/mol. The van der Waals surface area contributed by atoms with Crippen molar-refractivity contribution in [2.24, 2.45) is 0 Å². The maximum Gasteiger partial charge on any atom is 0.420 e. The molecule has 0 fully saturated rings. The van der Waals surface area contributed by atoms with E-state index in [-0.39, 0.29) is 5.91 Å². The van der Waals surface area contributed by atoms with E-state index >= 15 is 0 Å². The quantitative estimate of drug-likeness (QED) is 0.732. The third-order valence-electron chi connectivity index (χ3n) is 3.59. The molecule has 0 saturated heterocycles. The number of hydrogen-bond acceptors (Lipinski definition) is 4. The van der Waals surface area contributed by atoms with Gasteiger partial charge in [0, 0.05) is 17.8 Å². The smallest absolute Gasteiger partial charge is 0.420 e. The van der Waals surface area contributed by atoms with Crippen LogP contribution in [0.25, 0.3) is 11.1 Å². The van der Waals surface area contributed by atoms with Gasteiger partial charge in [0.05, 0.1) is 12.6 Å². The summed E-state index contributed by atoms with van der Waals surface area (Å²) in [6.45, 7) is 3.93. The first-order valence-electron chi connectivity index (χ1n) is 7.32. The van der Waals surface area contributed by atoms with Crippen LogP contribution in [0.3, 0.4) is 0 Å². The molecule has 0 aliphatic rings. The summed E-state index contributed by atoms with van der Waals surface area (Å²) in [6, 6.07) is 11.9. The van der Waals surface area contributed by atoms with E-state index in [0.717, 1.165) is 0 Å². The van der Waals surface area contributed by atoms with E-state index in [1.165, 1.54) is 4.57 Å². The highest BCUT2D eigenvalue weighted by Crippen LogP contribution is 2.18. The zero-order chi connectivity index (χ0) is 17.1. The zero-order valence-electron chi connectivity index (χ0n) is 13.1. The van der Waals surface area contributed by atoms with E-state index in [2.05, 4.69) is 11.9 Å². The third-order valence-corrected chi connectivity index (χ3v) is 3.59. The lowest BCUT2D eigenvalue weighted by molar-refractivity contribution is 0.102. The predicted octanol–water partition coefficient (Wildman–Crippen LogP) is 3.04. The maximum absolute atomic E-state index is 12.4. The van der Waals surface area contributed by atoms with Crippen molar-refractivity contribution in [3.63, 3.8) is 0 Å². The molecule has 6 nitrogen and oxygen atoms in total. The van der Waals surface area contributed by atoms with Crippen molar-refractivity contribution in [3.05, 3.63) is 71.2 Å². The molecule has 0 radical (unpaired) electrons. The number of carbonyl (C=O) groups is 1. The average molecular weight is 324 g/mol. The number of nitrogens with one attached hydrogen (secondary N) is 1. The van der Waals surface area contributed by atoms with Crippen LogP contribution in [-0.2, 0) is 6.54 Å². The van der Waals surface area contributed by atoms with Gasteiger partial charge in [-0.05, 0) is 42.5 Å². The van der Waals surface area contributed by atoms with Crippen molar-refractivity contribution in [1.82, 2.24) is 4.57 Å². The van der Waals surface area contributed by atoms with Crippen molar-refractivity contribution in [2.75, 3.05) is 12.4 Å². The topological polar surface area (TPSA) is 73.5 Å². The normalized spacial score (nSPS) is 10.5. The van der Waals surface area contributed by atoms with Gasteiger partial charge in [-0.25, -0.2) is 4.79 Å². The van der Waals surface area contributed by atoms with E-state index in [0.29, 0.717) is 34.6 Å². The Morgan fingerprint density at radius 1 is 1.29 bits per heavy atom. The van der Waals surface area contributed by atoms with E-state index in [4.69, 9.17) is 9.15 Å². The fourth-order valence-corrected chi connectivity index (χ4v) is 2.38. The van der Waals surface area contributed by atoms with Crippen LogP contribution in [0.15, 0.2) is 64.3 Å². The number of allylic oxidation sites excluding steroid dienone is 1. The molecule has 3 aromatic rings. The number of fused-ring (bicyclic) bond motifs is 1. The number of rotatable bonds is 5. The standard InChI is InChI=1S/C18H16N2O4/c1-3-10-20-15-11-12(4-9-16(15)24-18(20)22)17(21)19-13-5-7-14(23-2)8-6-13/h3-9,11H,1,10H2,2H3,(H,19,21). The monoisotopic (exact) mass is 324 g/mol. The van der Waals surface area contributed by atoms with Crippen LogP contribution in [0.1, 0.15) is 10.4 Å². The highest BCUT2D eigenvalue weighted by atomic mass is 16.5. The summed E-state index contributed by atoms with van der Waals surface area (Å²) in [5.74, 6) is -0.0419. The molecule has 0 atom stereocenters. The highest BCUT2D eigenvalue weighted by molar-refractivity contribution is 6.05. The Morgan fingerprint density at radius 2 is 2.04 bits per heavy atom. The number of ether oxygens (including phenoxy) is 1. The first-order valence-corrected chi connectivity index (χ1v) is 7.32. The average Bonchev–Trinajstić information content (AvgIpc) is 2.91. The second kappa shape index (κ2) is 6.45. The SMILES string of the molecule is C=CCn1c(=O)oc2ccc(C(=O)Nc3ccc(OC)cc3)cc21. The third kappa shape index (κ3) is 2.94. The molecule has 1 heterocycles. The van der Waals surface area contributed by atoms with Gasteiger partial charge in [-0.3, -0.25) is 9.36 Å². The van der Waals surface area contributed by atoms with Crippen molar-refractivity contribution in [2.45, 2.75) is 6.54 Å². The summed E-state index contributed by atoms with van der Waals surface area (Å²) in [5, 5.41) is 2.80. The lowest BCUT2D eigenvalue weighted by Gasteiger charge is -2.07. The molecule has 0 aliphatic heterocycles. The largest absolute Gasteiger partial charge is 0.497 e. The number of nitrogens with zero attached hydrogens (tertiary/aromatic N) is 1. The Bertz CT molecular complexity index is 951. The van der Waals surface area contributed by atoms with Crippen LogP contribution < -0.4 is 15.8 Å². The van der Waals surface area contributed by atoms with Crippen LogP contribution in [-0.4, -0.2) is 17.6 Å². The molecule has 0 bridgehead atoms. The molecular weight excluding hydrogens is 308 g/mol. The zero-order valence-corrected chi connectivity index (χ0v) is 13.1. The van der Waals surface area contributed by atoms with Gasteiger partial charge in [0.1, 0.15) is 5.75 Å². The fraction of sp³-hybridized carbons (Fsp3) is 0.111. The summed E-state index contributed by atoms with van der Waals surface area (Å²) < 4.78 is 11.6. The van der Waals surface area contributed by atoms with Gasteiger partial charge in [-0.2, -0.15) is 0 Å². The second-order valence-corrected chi connectivity index (χ2v) is 5.13. The number of oxazole rings is 1. The number of hydrogen-bond donors (Lipinski definition) is 1. The number of anilines is 1. The van der Waals surface area contributed by atoms with Gasteiger partial charge < -0.3 is 14.5 Å². The fourth-order valence-electron chi connectivity index (χ4n) is 2.38. The molecule has 6 heteroatoms. The van der Waals surface area contributed by atoms with Crippen LogP contribution in [0, 0.1) is 0 Å². The highest BCUT2D eigenvalue weighted by Gasteiger charge is 2.12. The molecule has 1 N–H and O–H groups in total. The van der Waals surface area contributed by atoms with Crippen LogP contribution in [0.5, 0.6) is 5.75 Å². The lowest BCUT2D eigenvalue weighted by atomic mass is 10.2. The summed E-state index contributed by atoms with van der Waals surface area (Å²) in [6.07, 6.45) is 1.60. The summed E-state index contributed by atoms with van der Waals surface area (Å²) in [5.41, 5.74) is 2.07. The summed E-state index contributed by atoms with van der Waals surface area (Å²) in [4.78, 5) is 24.2. The van der Waals surface area contributed by atoms with Crippen LogP contribution >= 0.6 is 0 Å². The first kappa shape index (κ1) is 15.6. The number of methoxy groups -OCH3 is 1. The minimum absolute atomic E-state index is 0.277. The van der Waals surface area contributed by atoms with E-state index in [1.54, 1.807) is 55.7 Å². The van der Waals surface area contributed by atoms with Gasteiger partial charge in [-0.15, -0.1) is 6.58 Å². The minimum Gasteiger partial charge on any atom is -0.497 e. The molecule has 0 unspecified atom stereocenters. The van der Waals surface area contributed by atoms with Gasteiger partial charge in [0.25, 0.3) is 5.91 Å². The Morgan fingerprint density at radius 3 is 2.71 bits per heavy atom. The van der Waals surface area contributed by atoms with Crippen molar-refractivity contribution < 1.29 is 13.9 Å². The molecule has 0 spiro atoms. The number of aromatic nitrogens is 1. The Balaban J connectivity index is 1.90. The van der Waals surface area contributed by atoms with Gasteiger partial charge in [0.2, 0.25) is 0 Å². The minimum atomic E-state index is -0.474. The summed E-state index contributed by atoms with van der Waals surface area (Å²) >= 11 is 0. The second-order valence-electron chi connectivity index (χ2n) is 5.13. The summed E-state index contributed by atoms with van der Waals surface area (Å²) in [7, 11) is 1.58. The molecule has 0 aliphatic carbocycles. The Labute approximate surface area is 138 Å².